The number of aromatic hydroxyl groups is 1. The Morgan fingerprint density at radius 3 is 2.69 bits per heavy atom. The van der Waals surface area contributed by atoms with Crippen molar-refractivity contribution in [3.05, 3.63) is 64.7 Å². The summed E-state index contributed by atoms with van der Waals surface area (Å²) in [5, 5.41) is 20.8. The number of aliphatic hydroxyl groups is 1. The van der Waals surface area contributed by atoms with Gasteiger partial charge in [-0.15, -0.1) is 0 Å². The van der Waals surface area contributed by atoms with E-state index < -0.39 is 0 Å². The summed E-state index contributed by atoms with van der Waals surface area (Å²) in [6, 6.07) is 14.7. The molecule has 26 heavy (non-hydrogen) atoms. The number of aliphatic hydroxyl groups excluding tert-OH is 1. The van der Waals surface area contributed by atoms with Gasteiger partial charge in [0, 0.05) is 22.5 Å². The van der Waals surface area contributed by atoms with Gasteiger partial charge in [-0.2, -0.15) is 0 Å². The number of nitrogens with zero attached hydrogens (tertiary/aromatic N) is 1. The molecule has 2 bridgehead atoms. The zero-order valence-electron chi connectivity index (χ0n) is 14.4. The molecule has 2 aliphatic rings. The van der Waals surface area contributed by atoms with Crippen molar-refractivity contribution in [1.82, 2.24) is 4.90 Å². The second kappa shape index (κ2) is 6.60. The Labute approximate surface area is 158 Å². The number of rotatable bonds is 4. The van der Waals surface area contributed by atoms with Crippen LogP contribution in [0.15, 0.2) is 48.5 Å². The van der Waals surface area contributed by atoms with Crippen LogP contribution < -0.4 is 0 Å². The monoisotopic (exact) mass is 371 g/mol. The van der Waals surface area contributed by atoms with E-state index in [1.54, 1.807) is 6.07 Å². The van der Waals surface area contributed by atoms with Crippen molar-refractivity contribution in [2.75, 3.05) is 6.61 Å². The van der Waals surface area contributed by atoms with Crippen LogP contribution in [0.25, 0.3) is 0 Å². The first-order valence-electron chi connectivity index (χ1n) is 9.00. The van der Waals surface area contributed by atoms with Crippen LogP contribution in [0.1, 0.15) is 35.2 Å². The number of carbonyl (C=O) groups is 1. The van der Waals surface area contributed by atoms with Crippen molar-refractivity contribution in [3.8, 4) is 5.75 Å². The fourth-order valence-corrected chi connectivity index (χ4v) is 5.01. The number of phenolic OH excluding ortho intramolecular Hbond substituents is 1. The van der Waals surface area contributed by atoms with E-state index in [-0.39, 0.29) is 41.3 Å². The maximum Gasteiger partial charge on any atom is 0.258 e. The smallest absolute Gasteiger partial charge is 0.258 e. The fraction of sp³-hybridized carbons (Fsp3) is 0.381. The normalized spacial score (nSPS) is 27.1. The maximum absolute atomic E-state index is 13.2. The predicted molar refractivity (Wildman–Crippen MR) is 100 cm³/mol. The molecule has 2 aromatic rings. The van der Waals surface area contributed by atoms with E-state index in [1.165, 1.54) is 17.7 Å². The molecule has 0 spiro atoms. The van der Waals surface area contributed by atoms with E-state index in [9.17, 15) is 15.0 Å². The van der Waals surface area contributed by atoms with E-state index in [4.69, 9.17) is 11.6 Å². The van der Waals surface area contributed by atoms with Crippen molar-refractivity contribution < 1.29 is 15.0 Å². The summed E-state index contributed by atoms with van der Waals surface area (Å²) < 4.78 is 0. The Kier molecular flexibility index (Phi) is 4.41. The van der Waals surface area contributed by atoms with Gasteiger partial charge in [-0.25, -0.2) is 0 Å². The van der Waals surface area contributed by atoms with Gasteiger partial charge in [0.2, 0.25) is 0 Å². The first-order chi connectivity index (χ1) is 12.5. The highest BCUT2D eigenvalue weighted by atomic mass is 35.5. The number of hydrogen-bond acceptors (Lipinski definition) is 3. The Morgan fingerprint density at radius 2 is 1.96 bits per heavy atom. The molecule has 0 aliphatic carbocycles. The number of phenols is 1. The van der Waals surface area contributed by atoms with Crippen LogP contribution in [0.5, 0.6) is 5.75 Å². The highest BCUT2D eigenvalue weighted by Crippen LogP contribution is 2.52. The average Bonchev–Trinajstić information content (AvgIpc) is 3.20. The van der Waals surface area contributed by atoms with Crippen LogP contribution in [-0.2, 0) is 6.42 Å². The number of fused-ring (bicyclic) bond motifs is 2. The third-order valence-electron chi connectivity index (χ3n) is 5.99. The molecule has 136 valence electrons. The lowest BCUT2D eigenvalue weighted by atomic mass is 9.70. The molecule has 0 aromatic heterocycles. The molecule has 2 aliphatic heterocycles. The molecule has 2 aromatic carbocycles. The van der Waals surface area contributed by atoms with Gasteiger partial charge in [0.05, 0.1) is 12.2 Å². The summed E-state index contributed by atoms with van der Waals surface area (Å²) >= 11 is 6.02. The van der Waals surface area contributed by atoms with Crippen molar-refractivity contribution in [2.45, 2.75) is 37.8 Å². The van der Waals surface area contributed by atoms with Crippen LogP contribution in [0.3, 0.4) is 0 Å². The lowest BCUT2D eigenvalue weighted by Gasteiger charge is -2.36. The summed E-state index contributed by atoms with van der Waals surface area (Å²) in [4.78, 5) is 15.0. The Bertz CT molecular complexity index is 825. The second-order valence-electron chi connectivity index (χ2n) is 7.51. The number of amides is 1. The molecule has 1 amide bonds. The molecule has 2 saturated heterocycles. The van der Waals surface area contributed by atoms with Gasteiger partial charge in [0.1, 0.15) is 5.75 Å². The van der Waals surface area contributed by atoms with E-state index in [0.717, 1.165) is 25.7 Å². The van der Waals surface area contributed by atoms with Crippen LogP contribution in [0.2, 0.25) is 5.02 Å². The maximum atomic E-state index is 13.2. The molecule has 0 radical (unpaired) electrons. The van der Waals surface area contributed by atoms with Crippen molar-refractivity contribution in [1.29, 1.82) is 0 Å². The largest absolute Gasteiger partial charge is 0.507 e. The molecular formula is C21H22ClNO3. The molecule has 2 heterocycles. The predicted octanol–water partition coefficient (Wildman–Crippen LogP) is 3.64. The highest BCUT2D eigenvalue weighted by Gasteiger charge is 2.57. The van der Waals surface area contributed by atoms with Crippen LogP contribution in [-0.4, -0.2) is 39.7 Å². The Morgan fingerprint density at radius 1 is 1.19 bits per heavy atom. The molecule has 4 rings (SSSR count). The van der Waals surface area contributed by atoms with Crippen LogP contribution in [0.4, 0.5) is 0 Å². The number of carbonyl (C=O) groups excluding carboxylic acids is 1. The Hall–Kier alpha value is -2.04. The zero-order chi connectivity index (χ0) is 18.3. The second-order valence-corrected chi connectivity index (χ2v) is 7.94. The van der Waals surface area contributed by atoms with Crippen LogP contribution >= 0.6 is 11.6 Å². The van der Waals surface area contributed by atoms with Gasteiger partial charge >= 0.3 is 0 Å². The number of halogens is 1. The summed E-state index contributed by atoms with van der Waals surface area (Å²) in [5.74, 6) is -0.246. The third-order valence-corrected chi connectivity index (χ3v) is 6.22. The molecule has 2 N–H and O–H groups in total. The van der Waals surface area contributed by atoms with Crippen LogP contribution in [0, 0.1) is 5.41 Å². The minimum atomic E-state index is -0.325. The quantitative estimate of drug-likeness (QED) is 0.862. The van der Waals surface area contributed by atoms with Gasteiger partial charge < -0.3 is 15.1 Å². The first kappa shape index (κ1) is 17.4. The molecule has 4 nitrogen and oxygen atoms in total. The van der Waals surface area contributed by atoms with E-state index in [1.807, 2.05) is 23.1 Å². The lowest BCUT2D eigenvalue weighted by molar-refractivity contribution is 0.0569. The van der Waals surface area contributed by atoms with E-state index >= 15 is 0 Å². The van der Waals surface area contributed by atoms with Crippen molar-refractivity contribution in [2.24, 2.45) is 5.41 Å². The molecular weight excluding hydrogens is 350 g/mol. The highest BCUT2D eigenvalue weighted by molar-refractivity contribution is 6.31. The minimum absolute atomic E-state index is 0.0245. The summed E-state index contributed by atoms with van der Waals surface area (Å²) in [7, 11) is 0. The Balaban J connectivity index is 1.65. The molecule has 0 unspecified atom stereocenters. The molecule has 5 heteroatoms. The minimum Gasteiger partial charge on any atom is -0.507 e. The first-order valence-corrected chi connectivity index (χ1v) is 9.38. The van der Waals surface area contributed by atoms with E-state index in [2.05, 4.69) is 12.1 Å². The van der Waals surface area contributed by atoms with Gasteiger partial charge in [-0.1, -0.05) is 41.9 Å². The average molecular weight is 372 g/mol. The fourth-order valence-electron chi connectivity index (χ4n) is 4.83. The standard InChI is InChI=1S/C21H22ClNO3/c22-15-6-8-18(25)17(10-15)20(26)23-16-7-9-19(23)21(12-16,13-24)11-14-4-2-1-3-5-14/h1-6,8,10,16,19,24-25H,7,9,11-13H2/t16-,19+,21-/m1/s1. The van der Waals surface area contributed by atoms with Gasteiger partial charge in [0.25, 0.3) is 5.91 Å². The molecule has 0 saturated carbocycles. The number of hydrogen-bond donors (Lipinski definition) is 2. The summed E-state index contributed by atoms with van der Waals surface area (Å²) in [5.41, 5.74) is 1.09. The molecule has 2 fully saturated rings. The third kappa shape index (κ3) is 2.78. The topological polar surface area (TPSA) is 60.8 Å². The SMILES string of the molecule is O=C(c1cc(Cl)ccc1O)N1[C@@H]2CC[C@H]1[C@](CO)(Cc1ccccc1)C2. The zero-order valence-corrected chi connectivity index (χ0v) is 15.2. The summed E-state index contributed by atoms with van der Waals surface area (Å²) in [6.07, 6.45) is 3.35. The number of benzene rings is 2. The van der Waals surface area contributed by atoms with Gasteiger partial charge in [-0.05, 0) is 49.4 Å². The summed E-state index contributed by atoms with van der Waals surface area (Å²) in [6.45, 7) is 0.0500. The van der Waals surface area contributed by atoms with Crippen molar-refractivity contribution >= 4 is 17.5 Å². The van der Waals surface area contributed by atoms with E-state index in [0.29, 0.717) is 5.02 Å². The van der Waals surface area contributed by atoms with Crippen molar-refractivity contribution in [3.63, 3.8) is 0 Å². The lowest BCUT2D eigenvalue weighted by Crippen LogP contribution is -2.44. The molecule has 3 atom stereocenters. The van der Waals surface area contributed by atoms with Gasteiger partial charge in [0.15, 0.2) is 0 Å². The van der Waals surface area contributed by atoms with Gasteiger partial charge in [-0.3, -0.25) is 4.79 Å².